The molecule has 0 bridgehead atoms. The average Bonchev–Trinajstić information content (AvgIpc) is 3.00. The number of anilines is 1. The first-order valence-corrected chi connectivity index (χ1v) is 8.26. The van der Waals surface area contributed by atoms with Gasteiger partial charge in [-0.25, -0.2) is 0 Å². The molecule has 1 aromatic carbocycles. The Morgan fingerprint density at radius 1 is 1.27 bits per heavy atom. The Kier molecular flexibility index (Phi) is 8.48. The Hall–Kier alpha value is -1.08. The molecule has 0 saturated carbocycles. The highest BCUT2D eigenvalue weighted by Crippen LogP contribution is 2.20. The number of halogens is 1. The molecule has 0 amide bonds. The maximum Gasteiger partial charge on any atom is 0.193 e. The van der Waals surface area contributed by atoms with E-state index < -0.39 is 0 Å². The van der Waals surface area contributed by atoms with Gasteiger partial charge in [0.2, 0.25) is 0 Å². The zero-order valence-corrected chi connectivity index (χ0v) is 16.2. The maximum absolute atomic E-state index is 5.91. The van der Waals surface area contributed by atoms with Crippen molar-refractivity contribution in [1.29, 1.82) is 0 Å². The van der Waals surface area contributed by atoms with E-state index >= 15 is 0 Å². The zero-order valence-electron chi connectivity index (χ0n) is 13.1. The van der Waals surface area contributed by atoms with E-state index in [1.807, 2.05) is 0 Å². The van der Waals surface area contributed by atoms with Gasteiger partial charge in [0.25, 0.3) is 0 Å². The number of aliphatic imine (C=N–C) groups is 1. The van der Waals surface area contributed by atoms with Gasteiger partial charge in [0.1, 0.15) is 0 Å². The number of nitrogens with two attached hydrogens (primary N) is 1. The summed E-state index contributed by atoms with van der Waals surface area (Å²) in [5, 5.41) is 5.22. The van der Waals surface area contributed by atoms with Crippen LogP contribution in [0.1, 0.15) is 36.6 Å². The lowest BCUT2D eigenvalue weighted by atomic mass is 9.99. The third-order valence-electron chi connectivity index (χ3n) is 3.58. The van der Waals surface area contributed by atoms with Crippen molar-refractivity contribution in [1.82, 2.24) is 0 Å². The monoisotopic (exact) mass is 429 g/mol. The van der Waals surface area contributed by atoms with Crippen molar-refractivity contribution in [3.8, 4) is 0 Å². The molecular weight excluding hydrogens is 405 g/mol. The molecule has 0 radical (unpaired) electrons. The van der Waals surface area contributed by atoms with Gasteiger partial charge in [0, 0.05) is 23.5 Å². The maximum atomic E-state index is 5.91. The second-order valence-electron chi connectivity index (χ2n) is 5.15. The van der Waals surface area contributed by atoms with Crippen molar-refractivity contribution in [2.45, 2.75) is 32.6 Å². The van der Waals surface area contributed by atoms with Gasteiger partial charge in [0.05, 0.1) is 0 Å². The minimum atomic E-state index is 0. The molecule has 3 N–H and O–H groups in total. The molecule has 2 rings (SSSR count). The fraction of sp³-hybridized carbons (Fsp3) is 0.353. The quantitative estimate of drug-likeness (QED) is 0.392. The fourth-order valence-electron chi connectivity index (χ4n) is 2.06. The zero-order chi connectivity index (χ0) is 15.1. The number of guanidine groups is 1. The molecule has 5 heteroatoms. The lowest BCUT2D eigenvalue weighted by Crippen LogP contribution is -2.23. The summed E-state index contributed by atoms with van der Waals surface area (Å²) in [6.07, 6.45) is 2.09. The molecule has 22 heavy (non-hydrogen) atoms. The normalized spacial score (nSPS) is 12.5. The van der Waals surface area contributed by atoms with Crippen LogP contribution in [0.5, 0.6) is 0 Å². The second-order valence-corrected chi connectivity index (χ2v) is 6.18. The van der Waals surface area contributed by atoms with Crippen molar-refractivity contribution >= 4 is 47.0 Å². The molecule has 2 aromatic rings. The highest BCUT2D eigenvalue weighted by atomic mass is 127. The summed E-state index contributed by atoms with van der Waals surface area (Å²) in [5.74, 6) is 1.07. The summed E-state index contributed by atoms with van der Waals surface area (Å²) in [6.45, 7) is 5.15. The van der Waals surface area contributed by atoms with Crippen molar-refractivity contribution in [3.05, 3.63) is 52.2 Å². The van der Waals surface area contributed by atoms with Gasteiger partial charge in [-0.05, 0) is 41.5 Å². The molecule has 0 aliphatic heterocycles. The lowest BCUT2D eigenvalue weighted by molar-refractivity contribution is 0.734. The van der Waals surface area contributed by atoms with Gasteiger partial charge >= 0.3 is 0 Å². The van der Waals surface area contributed by atoms with E-state index in [1.54, 1.807) is 11.3 Å². The minimum absolute atomic E-state index is 0. The van der Waals surface area contributed by atoms with Crippen LogP contribution in [0.3, 0.4) is 0 Å². The molecule has 1 heterocycles. The van der Waals surface area contributed by atoms with Crippen molar-refractivity contribution in [2.75, 3.05) is 11.9 Å². The molecule has 120 valence electrons. The Balaban J connectivity index is 0.00000242. The minimum Gasteiger partial charge on any atom is -0.370 e. The molecule has 0 aliphatic carbocycles. The Morgan fingerprint density at radius 2 is 2.00 bits per heavy atom. The van der Waals surface area contributed by atoms with Crippen LogP contribution in [0.15, 0.2) is 46.8 Å². The topological polar surface area (TPSA) is 50.4 Å². The number of hydrogen-bond acceptors (Lipinski definition) is 2. The molecule has 0 aliphatic rings. The van der Waals surface area contributed by atoms with Gasteiger partial charge < -0.3 is 11.1 Å². The molecular formula is C17H24IN3S. The molecule has 0 fully saturated rings. The number of nitrogens with one attached hydrogen (secondary N) is 1. The number of hydrogen-bond donors (Lipinski definition) is 2. The van der Waals surface area contributed by atoms with Crippen molar-refractivity contribution in [3.63, 3.8) is 0 Å². The van der Waals surface area contributed by atoms with Crippen LogP contribution in [-0.2, 0) is 6.42 Å². The summed E-state index contributed by atoms with van der Waals surface area (Å²) in [6, 6.07) is 12.6. The number of thiophene rings is 1. The van der Waals surface area contributed by atoms with Crippen LogP contribution < -0.4 is 11.1 Å². The van der Waals surface area contributed by atoms with E-state index in [0.29, 0.717) is 18.4 Å². The molecule has 0 saturated heterocycles. The summed E-state index contributed by atoms with van der Waals surface area (Å²) in [5.41, 5.74) is 8.25. The molecule has 1 aromatic heterocycles. The number of benzene rings is 1. The lowest BCUT2D eigenvalue weighted by Gasteiger charge is -2.10. The van der Waals surface area contributed by atoms with Gasteiger partial charge in [0.15, 0.2) is 5.96 Å². The number of nitrogens with zero attached hydrogens (tertiary/aromatic N) is 1. The van der Waals surface area contributed by atoms with Crippen molar-refractivity contribution < 1.29 is 0 Å². The standard InChI is InChI=1S/C17H23N3S.HI/c1-3-13(2)14-6-8-15(9-7-14)20-17(18)19-11-10-16-5-4-12-21-16;/h4-9,12-13H,3,10-11H2,1-2H3,(H3,18,19,20);1H. The van der Waals surface area contributed by atoms with Crippen LogP contribution in [0.2, 0.25) is 0 Å². The average molecular weight is 429 g/mol. The SMILES string of the molecule is CCC(C)c1ccc(NC(N)=NCCc2cccs2)cc1.I. The van der Waals surface area contributed by atoms with Crippen molar-refractivity contribution in [2.24, 2.45) is 10.7 Å². The van der Waals surface area contributed by atoms with E-state index in [-0.39, 0.29) is 24.0 Å². The van der Waals surface area contributed by atoms with E-state index in [2.05, 4.69) is 65.9 Å². The smallest absolute Gasteiger partial charge is 0.193 e. The summed E-state index contributed by atoms with van der Waals surface area (Å²) >= 11 is 1.75. The summed E-state index contributed by atoms with van der Waals surface area (Å²) < 4.78 is 0. The molecule has 3 nitrogen and oxygen atoms in total. The highest BCUT2D eigenvalue weighted by Gasteiger charge is 2.02. The van der Waals surface area contributed by atoms with E-state index in [0.717, 1.165) is 18.5 Å². The third-order valence-corrected chi connectivity index (χ3v) is 4.52. The molecule has 0 spiro atoms. The predicted octanol–water partition coefficient (Wildman–Crippen LogP) is 4.85. The van der Waals surface area contributed by atoms with E-state index in [1.165, 1.54) is 10.4 Å². The van der Waals surface area contributed by atoms with Crippen LogP contribution in [0.4, 0.5) is 5.69 Å². The largest absolute Gasteiger partial charge is 0.370 e. The number of rotatable bonds is 6. The van der Waals surface area contributed by atoms with Gasteiger partial charge in [-0.3, -0.25) is 4.99 Å². The van der Waals surface area contributed by atoms with Crippen LogP contribution in [0.25, 0.3) is 0 Å². The molecule has 1 unspecified atom stereocenters. The highest BCUT2D eigenvalue weighted by molar-refractivity contribution is 14.0. The first-order valence-electron chi connectivity index (χ1n) is 7.38. The van der Waals surface area contributed by atoms with E-state index in [4.69, 9.17) is 5.73 Å². The van der Waals surface area contributed by atoms with Gasteiger partial charge in [-0.2, -0.15) is 0 Å². The second kappa shape index (κ2) is 9.84. The summed E-state index contributed by atoms with van der Waals surface area (Å²) in [4.78, 5) is 5.70. The Bertz CT molecular complexity index is 564. The first-order chi connectivity index (χ1) is 10.2. The summed E-state index contributed by atoms with van der Waals surface area (Å²) in [7, 11) is 0. The van der Waals surface area contributed by atoms with Gasteiger partial charge in [-0.1, -0.05) is 32.0 Å². The van der Waals surface area contributed by atoms with E-state index in [9.17, 15) is 0 Å². The van der Waals surface area contributed by atoms with Gasteiger partial charge in [-0.15, -0.1) is 35.3 Å². The molecule has 1 atom stereocenters. The van der Waals surface area contributed by atoms with Crippen LogP contribution in [-0.4, -0.2) is 12.5 Å². The first kappa shape index (κ1) is 19.0. The van der Waals surface area contributed by atoms with Crippen LogP contribution in [0, 0.1) is 0 Å². The Morgan fingerprint density at radius 3 is 2.59 bits per heavy atom. The third kappa shape index (κ3) is 5.96. The van der Waals surface area contributed by atoms with Crippen LogP contribution >= 0.6 is 35.3 Å². The fourth-order valence-corrected chi connectivity index (χ4v) is 2.76. The Labute approximate surface area is 154 Å². The predicted molar refractivity (Wildman–Crippen MR) is 109 cm³/mol.